The van der Waals surface area contributed by atoms with E-state index in [1.54, 1.807) is 24.4 Å². The minimum absolute atomic E-state index is 0.172. The van der Waals surface area contributed by atoms with E-state index in [2.05, 4.69) is 26.1 Å². The lowest BCUT2D eigenvalue weighted by atomic mass is 10.2. The first-order valence-corrected chi connectivity index (χ1v) is 5.82. The van der Waals surface area contributed by atoms with Crippen LogP contribution in [0, 0.1) is 13.8 Å². The molecule has 0 spiro atoms. The van der Waals surface area contributed by atoms with Gasteiger partial charge in [0.1, 0.15) is 5.75 Å². The molecule has 1 heterocycles. The maximum Gasteiger partial charge on any atom is 0.253 e. The predicted octanol–water partition coefficient (Wildman–Crippen LogP) is 3.51. The number of hydrogen-bond donors (Lipinski definition) is 1. The van der Waals surface area contributed by atoms with Crippen molar-refractivity contribution in [2.45, 2.75) is 13.8 Å². The zero-order chi connectivity index (χ0) is 12.4. The van der Waals surface area contributed by atoms with Gasteiger partial charge in [-0.1, -0.05) is 21.1 Å². The molecule has 88 valence electrons. The van der Waals surface area contributed by atoms with Gasteiger partial charge in [0.25, 0.3) is 5.88 Å². The Balaban J connectivity index is 2.32. The average molecular weight is 295 g/mol. The molecule has 0 aliphatic heterocycles. The van der Waals surface area contributed by atoms with Crippen LogP contribution in [0.25, 0.3) is 0 Å². The molecule has 5 heteroatoms. The highest BCUT2D eigenvalue weighted by Gasteiger charge is 2.06. The smallest absolute Gasteiger partial charge is 0.253 e. The minimum Gasteiger partial charge on any atom is -0.507 e. The summed E-state index contributed by atoms with van der Waals surface area (Å²) in [6.45, 7) is 3.74. The van der Waals surface area contributed by atoms with Crippen molar-refractivity contribution in [3.8, 4) is 5.75 Å². The second-order valence-electron chi connectivity index (χ2n) is 3.66. The minimum atomic E-state index is 0.172. The SMILES string of the molecule is Cc1noc(N=Cc2cc(Br)ccc2O)c1C. The van der Waals surface area contributed by atoms with Gasteiger partial charge in [-0.3, -0.25) is 0 Å². The fourth-order valence-corrected chi connectivity index (χ4v) is 1.66. The molecule has 0 atom stereocenters. The topological polar surface area (TPSA) is 58.6 Å². The van der Waals surface area contributed by atoms with E-state index in [0.29, 0.717) is 11.4 Å². The van der Waals surface area contributed by atoms with Gasteiger partial charge < -0.3 is 9.63 Å². The molecular weight excluding hydrogens is 284 g/mol. The largest absolute Gasteiger partial charge is 0.507 e. The zero-order valence-corrected chi connectivity index (χ0v) is 11.0. The first-order chi connectivity index (χ1) is 8.08. The molecule has 0 unspecified atom stereocenters. The van der Waals surface area contributed by atoms with Gasteiger partial charge in [0.2, 0.25) is 0 Å². The van der Waals surface area contributed by atoms with Gasteiger partial charge in [0.15, 0.2) is 0 Å². The number of aromatic nitrogens is 1. The van der Waals surface area contributed by atoms with Gasteiger partial charge in [-0.2, -0.15) is 0 Å². The van der Waals surface area contributed by atoms with Crippen molar-refractivity contribution >= 4 is 28.0 Å². The van der Waals surface area contributed by atoms with E-state index in [-0.39, 0.29) is 5.75 Å². The summed E-state index contributed by atoms with van der Waals surface area (Å²) in [7, 11) is 0. The van der Waals surface area contributed by atoms with Crippen molar-refractivity contribution in [3.63, 3.8) is 0 Å². The lowest BCUT2D eigenvalue weighted by Gasteiger charge is -1.98. The fraction of sp³-hybridized carbons (Fsp3) is 0.167. The van der Waals surface area contributed by atoms with E-state index in [1.807, 2.05) is 13.8 Å². The Morgan fingerprint density at radius 1 is 1.41 bits per heavy atom. The third kappa shape index (κ3) is 2.55. The second-order valence-corrected chi connectivity index (χ2v) is 4.58. The summed E-state index contributed by atoms with van der Waals surface area (Å²) >= 11 is 3.33. The molecule has 0 radical (unpaired) electrons. The number of aromatic hydroxyl groups is 1. The molecule has 2 rings (SSSR count). The zero-order valence-electron chi connectivity index (χ0n) is 9.44. The highest BCUT2D eigenvalue weighted by atomic mass is 79.9. The molecule has 1 aromatic heterocycles. The molecule has 4 nitrogen and oxygen atoms in total. The number of phenolic OH excluding ortho intramolecular Hbond substituents is 1. The Kier molecular flexibility index (Phi) is 3.28. The van der Waals surface area contributed by atoms with E-state index >= 15 is 0 Å². The first kappa shape index (κ1) is 11.9. The normalized spacial score (nSPS) is 11.2. The van der Waals surface area contributed by atoms with Crippen LogP contribution >= 0.6 is 15.9 Å². The molecule has 0 aliphatic rings. The maximum absolute atomic E-state index is 9.63. The monoisotopic (exact) mass is 294 g/mol. The molecule has 0 fully saturated rings. The third-order valence-corrected chi connectivity index (χ3v) is 2.94. The molecule has 1 aromatic carbocycles. The van der Waals surface area contributed by atoms with Crippen molar-refractivity contribution in [3.05, 3.63) is 39.5 Å². The van der Waals surface area contributed by atoms with Crippen LogP contribution in [0.1, 0.15) is 16.8 Å². The molecule has 0 aliphatic carbocycles. The van der Waals surface area contributed by atoms with Crippen LogP contribution in [0.2, 0.25) is 0 Å². The summed E-state index contributed by atoms with van der Waals surface area (Å²) in [5.41, 5.74) is 2.33. The van der Waals surface area contributed by atoms with Gasteiger partial charge in [0.05, 0.1) is 5.69 Å². The van der Waals surface area contributed by atoms with Crippen LogP contribution in [0.3, 0.4) is 0 Å². The lowest BCUT2D eigenvalue weighted by Crippen LogP contribution is -1.82. The van der Waals surface area contributed by atoms with Gasteiger partial charge in [-0.25, -0.2) is 4.99 Å². The Morgan fingerprint density at radius 3 is 2.82 bits per heavy atom. The van der Waals surface area contributed by atoms with Crippen molar-refractivity contribution in [1.82, 2.24) is 5.16 Å². The summed E-state index contributed by atoms with van der Waals surface area (Å²) in [5.74, 6) is 0.632. The van der Waals surface area contributed by atoms with Gasteiger partial charge in [0, 0.05) is 21.8 Å². The van der Waals surface area contributed by atoms with Crippen molar-refractivity contribution < 1.29 is 9.63 Å². The van der Waals surface area contributed by atoms with Crippen LogP contribution in [0.5, 0.6) is 5.75 Å². The molecule has 1 N–H and O–H groups in total. The standard InChI is InChI=1S/C12H11BrN2O2/c1-7-8(2)15-17-12(7)14-6-9-5-10(13)3-4-11(9)16/h3-6,16H,1-2H3. The number of rotatable bonds is 2. The summed E-state index contributed by atoms with van der Waals surface area (Å²) < 4.78 is 5.92. The maximum atomic E-state index is 9.63. The summed E-state index contributed by atoms with van der Waals surface area (Å²) in [6, 6.07) is 5.14. The molecule has 2 aromatic rings. The Labute approximate surface area is 107 Å². The van der Waals surface area contributed by atoms with Crippen LogP contribution in [-0.2, 0) is 0 Å². The van der Waals surface area contributed by atoms with Gasteiger partial charge in [-0.15, -0.1) is 0 Å². The van der Waals surface area contributed by atoms with Crippen LogP contribution in [0.4, 0.5) is 5.88 Å². The predicted molar refractivity (Wildman–Crippen MR) is 69.0 cm³/mol. The highest BCUT2D eigenvalue weighted by Crippen LogP contribution is 2.23. The first-order valence-electron chi connectivity index (χ1n) is 5.03. The second kappa shape index (κ2) is 4.71. The number of hydrogen-bond acceptors (Lipinski definition) is 4. The number of nitrogens with zero attached hydrogens (tertiary/aromatic N) is 2. The third-order valence-electron chi connectivity index (χ3n) is 2.44. The molecule has 0 bridgehead atoms. The Morgan fingerprint density at radius 2 is 2.18 bits per heavy atom. The quantitative estimate of drug-likeness (QED) is 0.862. The Bertz CT molecular complexity index is 576. The van der Waals surface area contributed by atoms with Crippen LogP contribution in [-0.4, -0.2) is 16.5 Å². The van der Waals surface area contributed by atoms with E-state index < -0.39 is 0 Å². The molecular formula is C12H11BrN2O2. The molecule has 0 amide bonds. The number of aliphatic imine (C=N–C) groups is 1. The number of aryl methyl sites for hydroxylation is 1. The van der Waals surface area contributed by atoms with Crippen molar-refractivity contribution in [1.29, 1.82) is 0 Å². The number of phenols is 1. The average Bonchev–Trinajstić information content (AvgIpc) is 2.62. The number of benzene rings is 1. The van der Waals surface area contributed by atoms with E-state index in [1.165, 1.54) is 0 Å². The van der Waals surface area contributed by atoms with E-state index in [9.17, 15) is 5.11 Å². The number of halogens is 1. The highest BCUT2D eigenvalue weighted by molar-refractivity contribution is 9.10. The van der Waals surface area contributed by atoms with Crippen LogP contribution in [0.15, 0.2) is 32.2 Å². The van der Waals surface area contributed by atoms with Gasteiger partial charge >= 0.3 is 0 Å². The summed E-state index contributed by atoms with van der Waals surface area (Å²) in [5, 5.41) is 13.4. The molecule has 17 heavy (non-hydrogen) atoms. The Hall–Kier alpha value is -1.62. The lowest BCUT2D eigenvalue weighted by molar-refractivity contribution is 0.425. The summed E-state index contributed by atoms with van der Waals surface area (Å²) in [6.07, 6.45) is 1.55. The van der Waals surface area contributed by atoms with E-state index in [4.69, 9.17) is 4.52 Å². The molecule has 0 saturated carbocycles. The molecule has 0 saturated heterocycles. The fourth-order valence-electron chi connectivity index (χ4n) is 1.28. The van der Waals surface area contributed by atoms with Gasteiger partial charge in [-0.05, 0) is 32.0 Å². The van der Waals surface area contributed by atoms with Crippen molar-refractivity contribution in [2.24, 2.45) is 4.99 Å². The van der Waals surface area contributed by atoms with Crippen LogP contribution < -0.4 is 0 Å². The van der Waals surface area contributed by atoms with E-state index in [0.717, 1.165) is 15.7 Å². The summed E-state index contributed by atoms with van der Waals surface area (Å²) in [4.78, 5) is 4.16. The van der Waals surface area contributed by atoms with Crippen molar-refractivity contribution in [2.75, 3.05) is 0 Å².